The molecule has 1 unspecified atom stereocenters. The van der Waals surface area contributed by atoms with Gasteiger partial charge in [0.05, 0.1) is 18.4 Å². The van der Waals surface area contributed by atoms with Crippen molar-refractivity contribution in [2.75, 3.05) is 18.6 Å². The van der Waals surface area contributed by atoms with E-state index in [1.54, 1.807) is 18.1 Å². The number of fused-ring (bicyclic) bond motifs is 1. The van der Waals surface area contributed by atoms with Crippen molar-refractivity contribution in [3.63, 3.8) is 0 Å². The van der Waals surface area contributed by atoms with Crippen LogP contribution in [0.2, 0.25) is 0 Å². The Hall–Kier alpha value is -3.15. The number of aryl methyl sites for hydroxylation is 1. The largest absolute Gasteiger partial charge is 0.496 e. The summed E-state index contributed by atoms with van der Waals surface area (Å²) in [4.78, 5) is 20.0. The van der Waals surface area contributed by atoms with Crippen LogP contribution in [-0.4, -0.2) is 34.3 Å². The van der Waals surface area contributed by atoms with Crippen molar-refractivity contribution in [1.82, 2.24) is 14.8 Å². The summed E-state index contributed by atoms with van der Waals surface area (Å²) >= 11 is 0. The van der Waals surface area contributed by atoms with E-state index in [0.717, 1.165) is 23.6 Å². The van der Waals surface area contributed by atoms with Crippen molar-refractivity contribution in [3.8, 4) is 11.4 Å². The Kier molecular flexibility index (Phi) is 5.33. The van der Waals surface area contributed by atoms with Gasteiger partial charge in [-0.3, -0.25) is 4.79 Å². The van der Waals surface area contributed by atoms with E-state index in [1.807, 2.05) is 35.2 Å². The molecule has 2 aromatic carbocycles. The molecular formula is C24H28N4O2. The molecule has 6 nitrogen and oxygen atoms in total. The first kappa shape index (κ1) is 20.1. The van der Waals surface area contributed by atoms with Crippen LogP contribution in [0.3, 0.4) is 0 Å². The molecule has 156 valence electrons. The molecule has 0 N–H and O–H groups in total. The lowest BCUT2D eigenvalue weighted by Gasteiger charge is -2.34. The van der Waals surface area contributed by atoms with Gasteiger partial charge in [-0.1, -0.05) is 32.9 Å². The van der Waals surface area contributed by atoms with Gasteiger partial charge in [0.1, 0.15) is 12.1 Å². The van der Waals surface area contributed by atoms with Crippen LogP contribution >= 0.6 is 0 Å². The fourth-order valence-electron chi connectivity index (χ4n) is 4.04. The highest BCUT2D eigenvalue weighted by Crippen LogP contribution is 2.34. The molecule has 0 bridgehead atoms. The number of hydrogen-bond acceptors (Lipinski definition) is 4. The zero-order chi connectivity index (χ0) is 21.4. The fraction of sp³-hybridized carbons (Fsp3) is 0.375. The van der Waals surface area contributed by atoms with E-state index in [2.05, 4.69) is 43.8 Å². The number of carbonyl (C=O) groups is 1. The summed E-state index contributed by atoms with van der Waals surface area (Å²) in [5.41, 5.74) is 4.78. The molecule has 0 aliphatic carbocycles. The van der Waals surface area contributed by atoms with E-state index in [9.17, 15) is 4.79 Å². The van der Waals surface area contributed by atoms with Crippen molar-refractivity contribution >= 4 is 11.6 Å². The van der Waals surface area contributed by atoms with Gasteiger partial charge in [0, 0.05) is 18.2 Å². The van der Waals surface area contributed by atoms with Gasteiger partial charge >= 0.3 is 0 Å². The van der Waals surface area contributed by atoms with Crippen LogP contribution < -0.4 is 9.64 Å². The fourth-order valence-corrected chi connectivity index (χ4v) is 4.04. The molecule has 1 atom stereocenters. The first-order valence-electron chi connectivity index (χ1n) is 10.4. The molecular weight excluding hydrogens is 376 g/mol. The quantitative estimate of drug-likeness (QED) is 0.640. The second kappa shape index (κ2) is 7.94. The Balaban J connectivity index is 1.76. The number of carbonyl (C=O) groups excluding carboxylic acids is 1. The number of hydrogen-bond donors (Lipinski definition) is 0. The van der Waals surface area contributed by atoms with Crippen LogP contribution in [-0.2, 0) is 6.42 Å². The number of amides is 1. The molecule has 0 radical (unpaired) electrons. The molecule has 1 aromatic heterocycles. The summed E-state index contributed by atoms with van der Waals surface area (Å²) in [7, 11) is 1.59. The topological polar surface area (TPSA) is 60.2 Å². The summed E-state index contributed by atoms with van der Waals surface area (Å²) in [6, 6.07) is 11.7. The molecule has 4 rings (SSSR count). The average molecular weight is 405 g/mol. The lowest BCUT2D eigenvalue weighted by molar-refractivity contribution is 0.0978. The maximum atomic E-state index is 13.7. The van der Waals surface area contributed by atoms with E-state index in [1.165, 1.54) is 11.1 Å². The van der Waals surface area contributed by atoms with E-state index >= 15 is 0 Å². The van der Waals surface area contributed by atoms with E-state index in [-0.39, 0.29) is 11.8 Å². The Morgan fingerprint density at radius 1 is 1.23 bits per heavy atom. The molecule has 3 aromatic rings. The monoisotopic (exact) mass is 404 g/mol. The Labute approximate surface area is 177 Å². The van der Waals surface area contributed by atoms with Crippen LogP contribution in [0.15, 0.2) is 42.7 Å². The predicted octanol–water partition coefficient (Wildman–Crippen LogP) is 4.55. The molecule has 2 heterocycles. The predicted molar refractivity (Wildman–Crippen MR) is 118 cm³/mol. The van der Waals surface area contributed by atoms with Gasteiger partial charge in [-0.2, -0.15) is 5.10 Å². The number of aromatic nitrogens is 3. The SMILES string of the molecule is COc1ccc(-n2cnc(C(C)C)n2)cc1C(=O)N1CC(C)Cc2c(C)cccc21. The molecule has 1 amide bonds. The van der Waals surface area contributed by atoms with E-state index < -0.39 is 0 Å². The number of rotatable bonds is 4. The zero-order valence-corrected chi connectivity index (χ0v) is 18.2. The summed E-state index contributed by atoms with van der Waals surface area (Å²) in [5, 5.41) is 4.55. The van der Waals surface area contributed by atoms with Crippen molar-refractivity contribution in [2.24, 2.45) is 5.92 Å². The minimum atomic E-state index is -0.0590. The summed E-state index contributed by atoms with van der Waals surface area (Å²) in [5.74, 6) is 1.89. The maximum absolute atomic E-state index is 13.7. The Morgan fingerprint density at radius 2 is 2.03 bits per heavy atom. The number of anilines is 1. The van der Waals surface area contributed by atoms with Crippen LogP contribution in [0.25, 0.3) is 5.69 Å². The van der Waals surface area contributed by atoms with Gasteiger partial charge in [-0.15, -0.1) is 0 Å². The third-order valence-corrected chi connectivity index (χ3v) is 5.67. The maximum Gasteiger partial charge on any atom is 0.262 e. The lowest BCUT2D eigenvalue weighted by Crippen LogP contribution is -2.39. The molecule has 1 aliphatic rings. The highest BCUT2D eigenvalue weighted by molar-refractivity contribution is 6.09. The third-order valence-electron chi connectivity index (χ3n) is 5.67. The van der Waals surface area contributed by atoms with Gasteiger partial charge in [0.25, 0.3) is 5.91 Å². The standard InChI is InChI=1S/C24H28N4O2/c1-15(2)23-25-14-28(26-23)18-9-10-22(30-5)20(12-18)24(29)27-13-16(3)11-19-17(4)7-6-8-21(19)27/h6-10,12,14-16H,11,13H2,1-5H3. The van der Waals surface area contributed by atoms with Crippen LogP contribution in [0.5, 0.6) is 5.75 Å². The molecule has 0 fully saturated rings. The molecule has 30 heavy (non-hydrogen) atoms. The Bertz CT molecular complexity index is 1090. The first-order chi connectivity index (χ1) is 14.4. The van der Waals surface area contributed by atoms with E-state index in [0.29, 0.717) is 23.8 Å². The van der Waals surface area contributed by atoms with Crippen LogP contribution in [0.1, 0.15) is 54.0 Å². The number of ether oxygens (including phenoxy) is 1. The average Bonchev–Trinajstić information content (AvgIpc) is 3.23. The third kappa shape index (κ3) is 3.58. The van der Waals surface area contributed by atoms with Crippen molar-refractivity contribution in [2.45, 2.75) is 40.0 Å². The van der Waals surface area contributed by atoms with E-state index in [4.69, 9.17) is 4.74 Å². The number of nitrogens with zero attached hydrogens (tertiary/aromatic N) is 4. The molecule has 0 saturated carbocycles. The van der Waals surface area contributed by atoms with Gasteiger partial charge in [-0.25, -0.2) is 9.67 Å². The van der Waals surface area contributed by atoms with Crippen molar-refractivity contribution < 1.29 is 9.53 Å². The van der Waals surface area contributed by atoms with Crippen molar-refractivity contribution in [3.05, 3.63) is 65.2 Å². The van der Waals surface area contributed by atoms with Gasteiger partial charge in [-0.05, 0) is 54.7 Å². The second-order valence-electron chi connectivity index (χ2n) is 8.38. The van der Waals surface area contributed by atoms with Crippen LogP contribution in [0, 0.1) is 12.8 Å². The van der Waals surface area contributed by atoms with Crippen molar-refractivity contribution in [1.29, 1.82) is 0 Å². The number of benzene rings is 2. The second-order valence-corrected chi connectivity index (χ2v) is 8.38. The van der Waals surface area contributed by atoms with Gasteiger partial charge in [0.2, 0.25) is 0 Å². The molecule has 0 spiro atoms. The lowest BCUT2D eigenvalue weighted by atomic mass is 9.90. The molecule has 6 heteroatoms. The number of methoxy groups -OCH3 is 1. The Morgan fingerprint density at radius 3 is 2.73 bits per heavy atom. The zero-order valence-electron chi connectivity index (χ0n) is 18.2. The first-order valence-corrected chi connectivity index (χ1v) is 10.4. The highest BCUT2D eigenvalue weighted by atomic mass is 16.5. The highest BCUT2D eigenvalue weighted by Gasteiger charge is 2.29. The summed E-state index contributed by atoms with van der Waals surface area (Å²) in [6.45, 7) is 9.09. The normalized spacial score (nSPS) is 15.9. The minimum Gasteiger partial charge on any atom is -0.496 e. The molecule has 1 aliphatic heterocycles. The summed E-state index contributed by atoms with van der Waals surface area (Å²) < 4.78 is 7.25. The minimum absolute atomic E-state index is 0.0590. The molecule has 0 saturated heterocycles. The van der Waals surface area contributed by atoms with Gasteiger partial charge in [0.15, 0.2) is 5.82 Å². The summed E-state index contributed by atoms with van der Waals surface area (Å²) in [6.07, 6.45) is 2.67. The smallest absolute Gasteiger partial charge is 0.262 e. The van der Waals surface area contributed by atoms with Crippen LogP contribution in [0.4, 0.5) is 5.69 Å². The van der Waals surface area contributed by atoms with Gasteiger partial charge < -0.3 is 9.64 Å².